The van der Waals surface area contributed by atoms with Crippen LogP contribution in [0.5, 0.6) is 0 Å². The SMILES string of the molecule is N#CCCS(=O)(=O)Cc1cccc(Cl)c1. The van der Waals surface area contributed by atoms with Crippen LogP contribution >= 0.6 is 11.6 Å². The fourth-order valence-electron chi connectivity index (χ4n) is 1.15. The fraction of sp³-hybridized carbons (Fsp3) is 0.300. The van der Waals surface area contributed by atoms with Crippen LogP contribution < -0.4 is 0 Å². The minimum Gasteiger partial charge on any atom is -0.228 e. The van der Waals surface area contributed by atoms with Crippen molar-refractivity contribution in [2.75, 3.05) is 5.75 Å². The lowest BCUT2D eigenvalue weighted by Gasteiger charge is -2.02. The van der Waals surface area contributed by atoms with Gasteiger partial charge in [-0.2, -0.15) is 5.26 Å². The van der Waals surface area contributed by atoms with E-state index < -0.39 is 9.84 Å². The number of nitrogens with zero attached hydrogens (tertiary/aromatic N) is 1. The second-order valence-corrected chi connectivity index (χ2v) is 5.75. The third-order valence-electron chi connectivity index (χ3n) is 1.80. The number of benzene rings is 1. The van der Waals surface area contributed by atoms with Crippen LogP contribution in [0.3, 0.4) is 0 Å². The molecule has 0 amide bonds. The van der Waals surface area contributed by atoms with Crippen LogP contribution in [-0.2, 0) is 15.6 Å². The second-order valence-electron chi connectivity index (χ2n) is 3.13. The topological polar surface area (TPSA) is 57.9 Å². The highest BCUT2D eigenvalue weighted by Gasteiger charge is 2.11. The minimum absolute atomic E-state index is 0.0307. The van der Waals surface area contributed by atoms with Gasteiger partial charge in [-0.15, -0.1) is 0 Å². The predicted octanol–water partition coefficient (Wildman–Crippen LogP) is 2.17. The van der Waals surface area contributed by atoms with Crippen LogP contribution in [0.25, 0.3) is 0 Å². The van der Waals surface area contributed by atoms with Gasteiger partial charge in [0.15, 0.2) is 9.84 Å². The Hall–Kier alpha value is -1.05. The molecule has 0 aliphatic heterocycles. The summed E-state index contributed by atoms with van der Waals surface area (Å²) < 4.78 is 23.0. The van der Waals surface area contributed by atoms with Gasteiger partial charge in [-0.05, 0) is 17.7 Å². The number of halogens is 1. The molecule has 0 saturated carbocycles. The summed E-state index contributed by atoms with van der Waals surface area (Å²) >= 11 is 5.73. The van der Waals surface area contributed by atoms with Crippen molar-refractivity contribution in [3.8, 4) is 6.07 Å². The van der Waals surface area contributed by atoms with E-state index in [9.17, 15) is 8.42 Å². The molecule has 5 heteroatoms. The van der Waals surface area contributed by atoms with Gasteiger partial charge in [-0.1, -0.05) is 23.7 Å². The monoisotopic (exact) mass is 243 g/mol. The Balaban J connectivity index is 2.74. The van der Waals surface area contributed by atoms with Crippen molar-refractivity contribution in [3.63, 3.8) is 0 Å². The molecule has 80 valence electrons. The smallest absolute Gasteiger partial charge is 0.155 e. The van der Waals surface area contributed by atoms with E-state index in [2.05, 4.69) is 0 Å². The Morgan fingerprint density at radius 3 is 2.73 bits per heavy atom. The van der Waals surface area contributed by atoms with E-state index in [0.717, 1.165) is 0 Å². The summed E-state index contributed by atoms with van der Waals surface area (Å²) in [4.78, 5) is 0. The van der Waals surface area contributed by atoms with Crippen molar-refractivity contribution >= 4 is 21.4 Å². The van der Waals surface area contributed by atoms with Crippen LogP contribution in [0.2, 0.25) is 5.02 Å². The standard InChI is InChI=1S/C10H10ClNO2S/c11-10-4-1-3-9(7-10)8-15(13,14)6-2-5-12/h1,3-4,7H,2,6,8H2. The first kappa shape index (κ1) is 12.0. The molecule has 0 N–H and O–H groups in total. The van der Waals surface area contributed by atoms with E-state index in [1.165, 1.54) is 0 Å². The maximum Gasteiger partial charge on any atom is 0.155 e. The van der Waals surface area contributed by atoms with Gasteiger partial charge in [-0.25, -0.2) is 8.42 Å². The highest BCUT2D eigenvalue weighted by molar-refractivity contribution is 7.90. The molecule has 0 heterocycles. The van der Waals surface area contributed by atoms with Crippen molar-refractivity contribution in [1.29, 1.82) is 5.26 Å². The van der Waals surface area contributed by atoms with Gasteiger partial charge in [-0.3, -0.25) is 0 Å². The molecule has 0 aromatic heterocycles. The maximum absolute atomic E-state index is 11.5. The van der Waals surface area contributed by atoms with Gasteiger partial charge in [0.1, 0.15) is 0 Å². The molecule has 0 radical (unpaired) electrons. The molecule has 1 rings (SSSR count). The largest absolute Gasteiger partial charge is 0.228 e. The maximum atomic E-state index is 11.5. The average molecular weight is 244 g/mol. The summed E-state index contributed by atoms with van der Waals surface area (Å²) in [5, 5.41) is 8.82. The van der Waals surface area contributed by atoms with Crippen LogP contribution in [-0.4, -0.2) is 14.2 Å². The van der Waals surface area contributed by atoms with E-state index in [1.54, 1.807) is 24.3 Å². The molecule has 0 atom stereocenters. The first-order valence-corrected chi connectivity index (χ1v) is 6.55. The zero-order chi connectivity index (χ0) is 11.3. The molecule has 1 aromatic carbocycles. The number of sulfone groups is 1. The summed E-state index contributed by atoms with van der Waals surface area (Å²) in [5.74, 6) is -0.161. The van der Waals surface area contributed by atoms with Crippen LogP contribution in [0.4, 0.5) is 0 Å². The van der Waals surface area contributed by atoms with E-state index in [4.69, 9.17) is 16.9 Å². The van der Waals surface area contributed by atoms with E-state index in [-0.39, 0.29) is 17.9 Å². The Kier molecular flexibility index (Phi) is 4.13. The van der Waals surface area contributed by atoms with Gasteiger partial charge in [0.2, 0.25) is 0 Å². The molecule has 0 aliphatic rings. The highest BCUT2D eigenvalue weighted by Crippen LogP contribution is 2.13. The summed E-state index contributed by atoms with van der Waals surface area (Å²) in [6.07, 6.45) is 0.0307. The summed E-state index contributed by atoms with van der Waals surface area (Å²) in [5.41, 5.74) is 0.653. The summed E-state index contributed by atoms with van der Waals surface area (Å²) in [6.45, 7) is 0. The van der Waals surface area contributed by atoms with Gasteiger partial charge in [0, 0.05) is 11.4 Å². The first-order chi connectivity index (χ1) is 7.03. The Labute approximate surface area is 94.2 Å². The summed E-state index contributed by atoms with van der Waals surface area (Å²) in [7, 11) is -3.19. The van der Waals surface area contributed by atoms with Crippen molar-refractivity contribution in [1.82, 2.24) is 0 Å². The predicted molar refractivity (Wildman–Crippen MR) is 59.2 cm³/mol. The van der Waals surface area contributed by atoms with Crippen molar-refractivity contribution in [3.05, 3.63) is 34.9 Å². The molecule has 15 heavy (non-hydrogen) atoms. The average Bonchev–Trinajstić information content (AvgIpc) is 2.14. The molecule has 3 nitrogen and oxygen atoms in total. The Bertz CT molecular complexity index is 476. The molecule has 0 aliphatic carbocycles. The molecule has 0 bridgehead atoms. The second kappa shape index (κ2) is 5.15. The van der Waals surface area contributed by atoms with Crippen molar-refractivity contribution in [2.45, 2.75) is 12.2 Å². The third-order valence-corrected chi connectivity index (χ3v) is 3.63. The lowest BCUT2D eigenvalue weighted by molar-refractivity contribution is 0.595. The zero-order valence-electron chi connectivity index (χ0n) is 7.98. The Morgan fingerprint density at radius 2 is 2.13 bits per heavy atom. The molecule has 0 unspecified atom stereocenters. The Morgan fingerprint density at radius 1 is 1.40 bits per heavy atom. The normalized spacial score (nSPS) is 10.9. The van der Waals surface area contributed by atoms with Gasteiger partial charge < -0.3 is 0 Å². The van der Waals surface area contributed by atoms with Gasteiger partial charge in [0.25, 0.3) is 0 Å². The number of hydrogen-bond donors (Lipinski definition) is 0. The molecule has 0 fully saturated rings. The lowest BCUT2D eigenvalue weighted by atomic mass is 10.2. The minimum atomic E-state index is -3.19. The van der Waals surface area contributed by atoms with Crippen LogP contribution in [0, 0.1) is 11.3 Å². The molecule has 1 aromatic rings. The molecule has 0 spiro atoms. The first-order valence-electron chi connectivity index (χ1n) is 4.35. The third kappa shape index (κ3) is 4.32. The fourth-order valence-corrected chi connectivity index (χ4v) is 2.60. The lowest BCUT2D eigenvalue weighted by Crippen LogP contribution is -2.08. The van der Waals surface area contributed by atoms with E-state index in [0.29, 0.717) is 10.6 Å². The zero-order valence-corrected chi connectivity index (χ0v) is 9.55. The number of rotatable bonds is 4. The van der Waals surface area contributed by atoms with Crippen molar-refractivity contribution < 1.29 is 8.42 Å². The molecular formula is C10H10ClNO2S. The van der Waals surface area contributed by atoms with Crippen LogP contribution in [0.1, 0.15) is 12.0 Å². The van der Waals surface area contributed by atoms with Crippen molar-refractivity contribution in [2.24, 2.45) is 0 Å². The summed E-state index contributed by atoms with van der Waals surface area (Å²) in [6, 6.07) is 8.53. The van der Waals surface area contributed by atoms with Gasteiger partial charge >= 0.3 is 0 Å². The highest BCUT2D eigenvalue weighted by atomic mass is 35.5. The quantitative estimate of drug-likeness (QED) is 0.814. The molecular weight excluding hydrogens is 234 g/mol. The molecule has 0 saturated heterocycles. The van der Waals surface area contributed by atoms with E-state index in [1.807, 2.05) is 6.07 Å². The van der Waals surface area contributed by atoms with Crippen LogP contribution in [0.15, 0.2) is 24.3 Å². The van der Waals surface area contributed by atoms with E-state index >= 15 is 0 Å². The number of hydrogen-bond acceptors (Lipinski definition) is 3. The number of nitriles is 1. The van der Waals surface area contributed by atoms with Gasteiger partial charge in [0.05, 0.1) is 17.6 Å².